The van der Waals surface area contributed by atoms with Gasteiger partial charge in [-0.15, -0.1) is 0 Å². The summed E-state index contributed by atoms with van der Waals surface area (Å²) in [6, 6.07) is 6.00. The van der Waals surface area contributed by atoms with Crippen molar-refractivity contribution in [2.45, 2.75) is 45.8 Å². The van der Waals surface area contributed by atoms with E-state index < -0.39 is 11.7 Å². The van der Waals surface area contributed by atoms with Crippen LogP contribution in [0.4, 0.5) is 4.79 Å². The summed E-state index contributed by atoms with van der Waals surface area (Å²) in [6.07, 6.45) is 2.04. The van der Waals surface area contributed by atoms with Crippen LogP contribution >= 0.6 is 0 Å². The van der Waals surface area contributed by atoms with Crippen LogP contribution in [-0.4, -0.2) is 41.5 Å². The molecule has 0 N–H and O–H groups in total. The lowest BCUT2D eigenvalue weighted by Crippen LogP contribution is -2.39. The summed E-state index contributed by atoms with van der Waals surface area (Å²) < 4.78 is 5.52. The number of carbonyl (C=O) groups excluding carboxylic acids is 2. The van der Waals surface area contributed by atoms with Crippen molar-refractivity contribution in [2.24, 2.45) is 5.92 Å². The molecule has 1 fully saturated rings. The first-order chi connectivity index (χ1) is 11.6. The Kier molecular flexibility index (Phi) is 4.13. The van der Waals surface area contributed by atoms with Gasteiger partial charge in [-0.1, -0.05) is 23.8 Å². The Labute approximate surface area is 149 Å². The molecule has 2 amide bonds. The maximum absolute atomic E-state index is 13.0. The van der Waals surface area contributed by atoms with Crippen molar-refractivity contribution in [3.05, 3.63) is 46.7 Å². The highest BCUT2D eigenvalue weighted by molar-refractivity contribution is 6.06. The molecule has 1 aromatic rings. The maximum atomic E-state index is 13.0. The molecule has 1 aliphatic heterocycles. The third kappa shape index (κ3) is 3.15. The van der Waals surface area contributed by atoms with E-state index in [4.69, 9.17) is 4.74 Å². The Bertz CT molecular complexity index is 759. The summed E-state index contributed by atoms with van der Waals surface area (Å²) in [5.74, 6) is -0.260. The first-order valence-corrected chi connectivity index (χ1v) is 8.62. The van der Waals surface area contributed by atoms with Gasteiger partial charge < -0.3 is 9.64 Å². The molecule has 1 aliphatic carbocycles. The van der Waals surface area contributed by atoms with Gasteiger partial charge in [-0.05, 0) is 45.2 Å². The zero-order valence-corrected chi connectivity index (χ0v) is 15.8. The van der Waals surface area contributed by atoms with E-state index in [0.717, 1.165) is 17.5 Å². The van der Waals surface area contributed by atoms with Gasteiger partial charge in [0.1, 0.15) is 5.60 Å². The second-order valence-corrected chi connectivity index (χ2v) is 8.16. The zero-order valence-electron chi connectivity index (χ0n) is 15.8. The van der Waals surface area contributed by atoms with E-state index in [9.17, 15) is 9.59 Å². The van der Waals surface area contributed by atoms with Crippen LogP contribution in [0.3, 0.4) is 0 Å². The summed E-state index contributed by atoms with van der Waals surface area (Å²) in [5, 5.41) is 0. The molecule has 0 spiro atoms. The largest absolute Gasteiger partial charge is 0.443 e. The lowest BCUT2D eigenvalue weighted by atomic mass is 9.97. The number of fused-ring (bicyclic) bond motifs is 3. The fourth-order valence-corrected chi connectivity index (χ4v) is 3.70. The smallest absolute Gasteiger partial charge is 0.417 e. The van der Waals surface area contributed by atoms with Crippen molar-refractivity contribution >= 4 is 12.0 Å². The highest BCUT2D eigenvalue weighted by Crippen LogP contribution is 2.50. The van der Waals surface area contributed by atoms with Crippen LogP contribution in [0.25, 0.3) is 0 Å². The average Bonchev–Trinajstić information content (AvgIpc) is 2.93. The lowest BCUT2D eigenvalue weighted by Gasteiger charge is -2.27. The fraction of sp³-hybridized carbons (Fsp3) is 0.500. The Hall–Kier alpha value is -2.30. The second-order valence-electron chi connectivity index (χ2n) is 8.16. The quantitative estimate of drug-likeness (QED) is 0.734. The summed E-state index contributed by atoms with van der Waals surface area (Å²) in [7, 11) is 3.77. The second kappa shape index (κ2) is 5.90. The molecule has 0 aromatic heterocycles. The van der Waals surface area contributed by atoms with Crippen LogP contribution in [0.15, 0.2) is 30.0 Å². The van der Waals surface area contributed by atoms with E-state index in [1.54, 1.807) is 0 Å². The predicted molar refractivity (Wildman–Crippen MR) is 96.0 cm³/mol. The molecule has 0 saturated carbocycles. The average molecular weight is 342 g/mol. The molecular weight excluding hydrogens is 316 g/mol. The van der Waals surface area contributed by atoms with Gasteiger partial charge in [0.15, 0.2) is 0 Å². The van der Waals surface area contributed by atoms with Crippen LogP contribution in [0.1, 0.15) is 43.5 Å². The van der Waals surface area contributed by atoms with E-state index >= 15 is 0 Å². The molecule has 2 unspecified atom stereocenters. The Balaban J connectivity index is 2.07. The number of hydrogen-bond acceptors (Lipinski definition) is 4. The first-order valence-electron chi connectivity index (χ1n) is 8.62. The number of aryl methyl sites for hydroxylation is 1. The number of amides is 2. The molecule has 0 bridgehead atoms. The van der Waals surface area contributed by atoms with Crippen LogP contribution in [0, 0.1) is 12.8 Å². The van der Waals surface area contributed by atoms with Crippen molar-refractivity contribution in [2.75, 3.05) is 14.1 Å². The number of benzene rings is 1. The van der Waals surface area contributed by atoms with Gasteiger partial charge in [0, 0.05) is 31.8 Å². The molecule has 5 nitrogen and oxygen atoms in total. The Morgan fingerprint density at radius 2 is 2.00 bits per heavy atom. The van der Waals surface area contributed by atoms with Crippen LogP contribution in [0.2, 0.25) is 0 Å². The highest BCUT2D eigenvalue weighted by atomic mass is 16.6. The van der Waals surface area contributed by atoms with E-state index in [1.807, 2.05) is 52.9 Å². The minimum Gasteiger partial charge on any atom is -0.443 e. The van der Waals surface area contributed by atoms with E-state index in [0.29, 0.717) is 5.57 Å². The predicted octanol–water partition coefficient (Wildman–Crippen LogP) is 3.43. The molecular formula is C20H26N2O3. The van der Waals surface area contributed by atoms with Crippen molar-refractivity contribution in [1.82, 2.24) is 9.80 Å². The molecule has 134 valence electrons. The summed E-state index contributed by atoms with van der Waals surface area (Å²) >= 11 is 0. The minimum absolute atomic E-state index is 0.0146. The minimum atomic E-state index is -0.644. The molecule has 1 aromatic carbocycles. The van der Waals surface area contributed by atoms with Gasteiger partial charge in [0.25, 0.3) is 5.91 Å². The maximum Gasteiger partial charge on any atom is 0.417 e. The molecule has 2 aliphatic rings. The number of carbonyl (C=O) groups is 2. The zero-order chi connectivity index (χ0) is 18.5. The molecule has 25 heavy (non-hydrogen) atoms. The van der Waals surface area contributed by atoms with E-state index in [2.05, 4.69) is 18.2 Å². The topological polar surface area (TPSA) is 49.9 Å². The number of imide groups is 1. The molecule has 0 radical (unpaired) electrons. The standard InChI is InChI=1S/C20H26N2O3/c1-12-7-8-13-10-15-16(11-21(5)6)18(23)22(17(15)14(13)9-12)19(24)25-20(2,3)4/h7-9,11,15,17H,10H2,1-6H3. The monoisotopic (exact) mass is 342 g/mol. The summed E-state index contributed by atoms with van der Waals surface area (Å²) in [6.45, 7) is 7.46. The van der Waals surface area contributed by atoms with Gasteiger partial charge in [-0.25, -0.2) is 9.69 Å². The number of hydrogen-bond donors (Lipinski definition) is 0. The number of rotatable bonds is 1. The number of nitrogens with zero attached hydrogens (tertiary/aromatic N) is 2. The van der Waals surface area contributed by atoms with Crippen molar-refractivity contribution in [3.8, 4) is 0 Å². The van der Waals surface area contributed by atoms with Gasteiger partial charge in [0.05, 0.1) is 6.04 Å². The molecule has 5 heteroatoms. The van der Waals surface area contributed by atoms with Crippen molar-refractivity contribution in [3.63, 3.8) is 0 Å². The van der Waals surface area contributed by atoms with Crippen LogP contribution < -0.4 is 0 Å². The lowest BCUT2D eigenvalue weighted by molar-refractivity contribution is -0.125. The summed E-state index contributed by atoms with van der Waals surface area (Å²) in [5.41, 5.74) is 3.42. The fourth-order valence-electron chi connectivity index (χ4n) is 3.70. The summed E-state index contributed by atoms with van der Waals surface area (Å²) in [4.78, 5) is 29.0. The Morgan fingerprint density at radius 1 is 1.32 bits per heavy atom. The number of ether oxygens (including phenoxy) is 1. The molecule has 1 heterocycles. The SMILES string of the molecule is Cc1ccc2c(c1)C1C(C2)C(=CN(C)C)C(=O)N1C(=O)OC(C)(C)C. The van der Waals surface area contributed by atoms with Crippen LogP contribution in [0.5, 0.6) is 0 Å². The van der Waals surface area contributed by atoms with Gasteiger partial charge >= 0.3 is 6.09 Å². The van der Waals surface area contributed by atoms with Gasteiger partial charge in [-0.2, -0.15) is 0 Å². The molecule has 2 atom stereocenters. The van der Waals surface area contributed by atoms with E-state index in [1.165, 1.54) is 10.5 Å². The third-order valence-electron chi connectivity index (χ3n) is 4.57. The van der Waals surface area contributed by atoms with E-state index in [-0.39, 0.29) is 17.9 Å². The third-order valence-corrected chi connectivity index (χ3v) is 4.57. The normalized spacial score (nSPS) is 23.7. The van der Waals surface area contributed by atoms with Crippen molar-refractivity contribution in [1.29, 1.82) is 0 Å². The number of likely N-dealkylation sites (tertiary alicyclic amines) is 1. The molecule has 1 saturated heterocycles. The Morgan fingerprint density at radius 3 is 2.60 bits per heavy atom. The van der Waals surface area contributed by atoms with Gasteiger partial charge in [-0.3, -0.25) is 4.79 Å². The highest BCUT2D eigenvalue weighted by Gasteiger charge is 2.52. The van der Waals surface area contributed by atoms with Gasteiger partial charge in [0.2, 0.25) is 0 Å². The molecule has 3 rings (SSSR count). The first kappa shape index (κ1) is 17.5. The van der Waals surface area contributed by atoms with Crippen LogP contribution in [-0.2, 0) is 16.0 Å². The van der Waals surface area contributed by atoms with Crippen molar-refractivity contribution < 1.29 is 14.3 Å².